The highest BCUT2D eigenvalue weighted by atomic mass is 16.2. The summed E-state index contributed by atoms with van der Waals surface area (Å²) in [6.45, 7) is 0.782. The highest BCUT2D eigenvalue weighted by Gasteiger charge is 2.50. The van der Waals surface area contributed by atoms with Crippen molar-refractivity contribution in [1.29, 1.82) is 5.41 Å². The van der Waals surface area contributed by atoms with Crippen LogP contribution in [0.3, 0.4) is 0 Å². The number of carbonyl (C=O) groups excluding carboxylic acids is 2. The molecule has 4 aromatic carbocycles. The maximum absolute atomic E-state index is 13.3. The average Bonchev–Trinajstić information content (AvgIpc) is 3.23. The van der Waals surface area contributed by atoms with Gasteiger partial charge in [0.05, 0.1) is 6.54 Å². The number of rotatable bonds is 8. The Morgan fingerprint density at radius 3 is 1.97 bits per heavy atom. The molecular weight excluding hydrogens is 472 g/mol. The molecule has 0 bridgehead atoms. The average molecular weight is 503 g/mol. The van der Waals surface area contributed by atoms with E-state index in [1.54, 1.807) is 18.0 Å². The van der Waals surface area contributed by atoms with Gasteiger partial charge in [0.2, 0.25) is 0 Å². The van der Waals surface area contributed by atoms with E-state index in [-0.39, 0.29) is 24.3 Å². The van der Waals surface area contributed by atoms with E-state index in [4.69, 9.17) is 0 Å². The van der Waals surface area contributed by atoms with Crippen LogP contribution < -0.4 is 5.32 Å². The second-order valence-corrected chi connectivity index (χ2v) is 9.51. The fraction of sp³-hybridized carbons (Fsp3) is 0.156. The molecular formula is C32H30N4O2. The number of hydrogen-bond acceptors (Lipinski definition) is 3. The molecule has 38 heavy (non-hydrogen) atoms. The number of urea groups is 1. The third-order valence-corrected chi connectivity index (χ3v) is 7.02. The van der Waals surface area contributed by atoms with Gasteiger partial charge in [-0.05, 0) is 40.8 Å². The lowest BCUT2D eigenvalue weighted by molar-refractivity contribution is 0.0796. The van der Waals surface area contributed by atoms with Crippen LogP contribution in [0, 0.1) is 5.41 Å². The number of amides is 3. The molecule has 4 aromatic rings. The molecule has 1 aliphatic heterocycles. The maximum Gasteiger partial charge on any atom is 0.324 e. The van der Waals surface area contributed by atoms with Crippen LogP contribution in [0.4, 0.5) is 4.79 Å². The van der Waals surface area contributed by atoms with Crippen LogP contribution in [0.25, 0.3) is 0 Å². The van der Waals surface area contributed by atoms with E-state index < -0.39 is 5.54 Å². The van der Waals surface area contributed by atoms with Crippen molar-refractivity contribution in [3.05, 3.63) is 143 Å². The minimum absolute atomic E-state index is 0.0772. The van der Waals surface area contributed by atoms with Crippen LogP contribution in [0.5, 0.6) is 0 Å². The number of benzene rings is 4. The zero-order valence-corrected chi connectivity index (χ0v) is 21.3. The van der Waals surface area contributed by atoms with E-state index in [2.05, 4.69) is 17.4 Å². The second kappa shape index (κ2) is 10.7. The summed E-state index contributed by atoms with van der Waals surface area (Å²) < 4.78 is 0. The molecule has 1 heterocycles. The van der Waals surface area contributed by atoms with E-state index >= 15 is 0 Å². The van der Waals surface area contributed by atoms with E-state index in [0.717, 1.165) is 23.1 Å². The number of amidine groups is 1. The van der Waals surface area contributed by atoms with Gasteiger partial charge < -0.3 is 10.2 Å². The van der Waals surface area contributed by atoms with Crippen molar-refractivity contribution < 1.29 is 9.59 Å². The van der Waals surface area contributed by atoms with Gasteiger partial charge in [-0.2, -0.15) is 0 Å². The van der Waals surface area contributed by atoms with Crippen molar-refractivity contribution in [1.82, 2.24) is 15.1 Å². The van der Waals surface area contributed by atoms with Gasteiger partial charge in [0.25, 0.3) is 5.91 Å². The Morgan fingerprint density at radius 1 is 0.816 bits per heavy atom. The molecule has 0 radical (unpaired) electrons. The Balaban J connectivity index is 1.36. The van der Waals surface area contributed by atoms with Gasteiger partial charge >= 0.3 is 6.03 Å². The van der Waals surface area contributed by atoms with Crippen LogP contribution in [-0.2, 0) is 18.5 Å². The number of carbonyl (C=O) groups is 2. The first-order chi connectivity index (χ1) is 18.5. The fourth-order valence-electron chi connectivity index (χ4n) is 4.95. The van der Waals surface area contributed by atoms with Crippen molar-refractivity contribution in [3.63, 3.8) is 0 Å². The Hall–Kier alpha value is -4.71. The Kier molecular flexibility index (Phi) is 7.05. The summed E-state index contributed by atoms with van der Waals surface area (Å²) in [5, 5.41) is 12.3. The minimum atomic E-state index is -1.09. The highest BCUT2D eigenvalue weighted by molar-refractivity contribution is 6.11. The summed E-state index contributed by atoms with van der Waals surface area (Å²) in [5.74, 6) is 0.0725. The molecule has 5 rings (SSSR count). The standard InChI is InChI=1S/C32H30N4O2/c1-35(21-20-24-12-5-2-6-13-24)29(37)26-15-11-14-25(22-26)23-36-30(33)32(34-31(36)38,27-16-7-3-8-17-27)28-18-9-4-10-19-28/h2-19,22,33H,20-21,23H2,1H3,(H,34,38). The van der Waals surface area contributed by atoms with Crippen LogP contribution in [0.2, 0.25) is 0 Å². The lowest BCUT2D eigenvalue weighted by Gasteiger charge is -2.30. The van der Waals surface area contributed by atoms with Gasteiger partial charge in [0.15, 0.2) is 5.54 Å². The van der Waals surface area contributed by atoms with E-state index in [1.165, 1.54) is 10.5 Å². The lowest BCUT2D eigenvalue weighted by atomic mass is 9.82. The lowest BCUT2D eigenvalue weighted by Crippen LogP contribution is -2.44. The van der Waals surface area contributed by atoms with Crippen molar-refractivity contribution in [2.75, 3.05) is 13.6 Å². The summed E-state index contributed by atoms with van der Waals surface area (Å²) in [4.78, 5) is 29.6. The van der Waals surface area contributed by atoms with Gasteiger partial charge in [-0.1, -0.05) is 103 Å². The van der Waals surface area contributed by atoms with E-state index in [9.17, 15) is 15.0 Å². The Bertz CT molecular complexity index is 1400. The quantitative estimate of drug-likeness (QED) is 0.336. The SMILES string of the molecule is CN(CCc1ccccc1)C(=O)c1cccc(CN2C(=N)C(c3ccccc3)(c3ccccc3)NC2=O)c1. The molecule has 1 saturated heterocycles. The van der Waals surface area contributed by atoms with Crippen molar-refractivity contribution in [3.8, 4) is 0 Å². The molecule has 6 heteroatoms. The maximum atomic E-state index is 13.3. The van der Waals surface area contributed by atoms with Crippen LogP contribution in [0.15, 0.2) is 115 Å². The molecule has 190 valence electrons. The topological polar surface area (TPSA) is 76.5 Å². The van der Waals surface area contributed by atoms with Gasteiger partial charge in [-0.15, -0.1) is 0 Å². The predicted octanol–water partition coefficient (Wildman–Crippen LogP) is 5.45. The van der Waals surface area contributed by atoms with Crippen molar-refractivity contribution >= 4 is 17.8 Å². The summed E-state index contributed by atoms with van der Waals surface area (Å²) >= 11 is 0. The molecule has 0 atom stereocenters. The first kappa shape index (κ1) is 25.0. The van der Waals surface area contributed by atoms with Gasteiger partial charge in [-0.3, -0.25) is 15.1 Å². The molecule has 0 saturated carbocycles. The van der Waals surface area contributed by atoms with Crippen LogP contribution in [0.1, 0.15) is 32.6 Å². The Morgan fingerprint density at radius 2 is 1.37 bits per heavy atom. The zero-order chi connectivity index (χ0) is 26.5. The zero-order valence-electron chi connectivity index (χ0n) is 21.3. The van der Waals surface area contributed by atoms with Crippen molar-refractivity contribution in [2.45, 2.75) is 18.5 Å². The minimum Gasteiger partial charge on any atom is -0.341 e. The number of hydrogen-bond donors (Lipinski definition) is 2. The Labute approximate surface area is 223 Å². The van der Waals surface area contributed by atoms with Gasteiger partial charge in [0.1, 0.15) is 5.84 Å². The third-order valence-electron chi connectivity index (χ3n) is 7.02. The number of nitrogens with zero attached hydrogens (tertiary/aromatic N) is 2. The first-order valence-electron chi connectivity index (χ1n) is 12.7. The monoisotopic (exact) mass is 502 g/mol. The molecule has 6 nitrogen and oxygen atoms in total. The predicted molar refractivity (Wildman–Crippen MR) is 149 cm³/mol. The molecule has 0 unspecified atom stereocenters. The van der Waals surface area contributed by atoms with Crippen LogP contribution in [-0.4, -0.2) is 41.2 Å². The summed E-state index contributed by atoms with van der Waals surface area (Å²) in [6.07, 6.45) is 0.773. The largest absolute Gasteiger partial charge is 0.341 e. The molecule has 1 aliphatic rings. The van der Waals surface area contributed by atoms with E-state index in [0.29, 0.717) is 12.1 Å². The smallest absolute Gasteiger partial charge is 0.324 e. The van der Waals surface area contributed by atoms with Crippen molar-refractivity contribution in [2.24, 2.45) is 0 Å². The number of nitrogens with one attached hydrogen (secondary N) is 2. The molecule has 1 fully saturated rings. The summed E-state index contributed by atoms with van der Waals surface area (Å²) in [6, 6.07) is 36.2. The summed E-state index contributed by atoms with van der Waals surface area (Å²) in [7, 11) is 1.80. The third kappa shape index (κ3) is 4.81. The molecule has 3 amide bonds. The second-order valence-electron chi connectivity index (χ2n) is 9.51. The van der Waals surface area contributed by atoms with E-state index in [1.807, 2.05) is 97.1 Å². The fourth-order valence-corrected chi connectivity index (χ4v) is 4.95. The molecule has 2 N–H and O–H groups in total. The molecule has 0 aliphatic carbocycles. The summed E-state index contributed by atoms with van der Waals surface area (Å²) in [5.41, 5.74) is 3.06. The normalized spacial score (nSPS) is 14.3. The van der Waals surface area contributed by atoms with Gasteiger partial charge in [-0.25, -0.2) is 4.79 Å². The molecule has 0 aromatic heterocycles. The highest BCUT2D eigenvalue weighted by Crippen LogP contribution is 2.36. The molecule has 0 spiro atoms. The van der Waals surface area contributed by atoms with Gasteiger partial charge in [0, 0.05) is 19.2 Å². The van der Waals surface area contributed by atoms with Crippen LogP contribution >= 0.6 is 0 Å². The first-order valence-corrected chi connectivity index (χ1v) is 12.7. The number of likely N-dealkylation sites (N-methyl/N-ethyl adjacent to an activating group) is 1.